The van der Waals surface area contributed by atoms with Crippen LogP contribution >= 0.6 is 0 Å². The van der Waals surface area contributed by atoms with E-state index >= 15 is 0 Å². The van der Waals surface area contributed by atoms with Crippen molar-refractivity contribution in [2.45, 2.75) is 149 Å². The molecule has 1 amide bonds. The zero-order valence-electron chi connectivity index (χ0n) is 28.3. The van der Waals surface area contributed by atoms with Crippen molar-refractivity contribution < 1.29 is 114 Å². The van der Waals surface area contributed by atoms with E-state index in [-0.39, 0.29) is 0 Å². The second kappa shape index (κ2) is 17.9. The molecule has 24 nitrogen and oxygen atoms in total. The average molecular weight is 780 g/mol. The first-order chi connectivity index (χ1) is 24.8. The van der Waals surface area contributed by atoms with Crippen LogP contribution in [0.5, 0.6) is 0 Å². The highest BCUT2D eigenvalue weighted by molar-refractivity contribution is 5.76. The van der Waals surface area contributed by atoms with Gasteiger partial charge < -0.3 is 110 Å². The van der Waals surface area contributed by atoms with Crippen molar-refractivity contribution >= 4 is 11.9 Å². The fourth-order valence-corrected chi connectivity index (χ4v) is 6.43. The minimum atomic E-state index is -2.91. The van der Waals surface area contributed by atoms with Crippen LogP contribution in [0.25, 0.3) is 0 Å². The van der Waals surface area contributed by atoms with Crippen molar-refractivity contribution in [1.82, 2.24) is 5.32 Å². The van der Waals surface area contributed by atoms with E-state index in [9.17, 15) is 81.1 Å². The van der Waals surface area contributed by atoms with Crippen molar-refractivity contribution in [3.63, 3.8) is 0 Å². The predicted octanol–water partition coefficient (Wildman–Crippen LogP) is -9.37. The number of aliphatic hydroxyl groups excluding tert-OH is 13. The van der Waals surface area contributed by atoms with Crippen LogP contribution in [-0.4, -0.2) is 232 Å². The first kappa shape index (κ1) is 43.9. The number of carbonyl (C=O) groups is 2. The maximum Gasteiger partial charge on any atom is 0.364 e. The highest BCUT2D eigenvalue weighted by Gasteiger charge is 2.58. The van der Waals surface area contributed by atoms with E-state index in [4.69, 9.17) is 33.2 Å². The second-order valence-electron chi connectivity index (χ2n) is 13.3. The summed E-state index contributed by atoms with van der Waals surface area (Å²) in [7, 11) is 0. The number of hydrogen-bond donors (Lipinski definition) is 15. The van der Waals surface area contributed by atoms with Crippen LogP contribution < -0.4 is 5.32 Å². The number of carboxylic acids is 1. The number of aliphatic hydroxyl groups is 13. The summed E-state index contributed by atoms with van der Waals surface area (Å²) in [4.78, 5) is 24.6. The number of rotatable bonds is 13. The van der Waals surface area contributed by atoms with Crippen LogP contribution in [-0.2, 0) is 42.7 Å². The van der Waals surface area contributed by atoms with Crippen molar-refractivity contribution in [3.05, 3.63) is 0 Å². The molecule has 53 heavy (non-hydrogen) atoms. The number of carboxylic acid groups (broad SMARTS) is 1. The third-order valence-corrected chi connectivity index (χ3v) is 9.54. The summed E-state index contributed by atoms with van der Waals surface area (Å²) in [6.45, 7) is -0.647. The van der Waals surface area contributed by atoms with E-state index in [1.165, 1.54) is 6.92 Å². The number of ether oxygens (including phenoxy) is 7. The van der Waals surface area contributed by atoms with E-state index in [1.54, 1.807) is 0 Å². The van der Waals surface area contributed by atoms with E-state index in [1.807, 2.05) is 0 Å². The molecule has 4 aliphatic heterocycles. The fourth-order valence-electron chi connectivity index (χ4n) is 6.43. The summed E-state index contributed by atoms with van der Waals surface area (Å²) in [5.74, 6) is -5.63. The Morgan fingerprint density at radius 3 is 2.02 bits per heavy atom. The van der Waals surface area contributed by atoms with Gasteiger partial charge in [-0.1, -0.05) is 0 Å². The summed E-state index contributed by atoms with van der Waals surface area (Å²) in [5.41, 5.74) is 0. The molecule has 24 heteroatoms. The normalized spacial score (nSPS) is 47.8. The minimum Gasteiger partial charge on any atom is -0.477 e. The van der Waals surface area contributed by atoms with Gasteiger partial charge in [-0.05, 0) is 6.92 Å². The SMILES string of the molecule is CC(=O)N[C@@H]1[C@@H](O[C@H]2O[C@H](CO)[C@H](O)[C@H](O)[C@H]2O[C@@H]2O[C@@H](C)[C@@H](O)[C@@H](O)[C@@H]2O)[C@@H](O)[C@@H](CO[C@]2(C(=O)O)C[C@H](O)[C@@H](O)[C@H]([C@H](O)[C@H](O)CO)O2)O[C@@H]1O. The monoisotopic (exact) mass is 779 g/mol. The topological polar surface area (TPSA) is 394 Å². The van der Waals surface area contributed by atoms with Gasteiger partial charge in [-0.2, -0.15) is 0 Å². The molecule has 0 bridgehead atoms. The summed E-state index contributed by atoms with van der Waals surface area (Å²) in [5, 5.41) is 147. The number of aliphatic carboxylic acids is 1. The van der Waals surface area contributed by atoms with Gasteiger partial charge in [0.1, 0.15) is 91.5 Å². The lowest BCUT2D eigenvalue weighted by Gasteiger charge is -2.49. The molecule has 4 saturated heterocycles. The van der Waals surface area contributed by atoms with Crippen molar-refractivity contribution in [1.29, 1.82) is 0 Å². The summed E-state index contributed by atoms with van der Waals surface area (Å²) in [6.07, 6.45) is -36.4. The third-order valence-electron chi connectivity index (χ3n) is 9.54. The van der Waals surface area contributed by atoms with Crippen LogP contribution in [0.1, 0.15) is 20.3 Å². The van der Waals surface area contributed by atoms with E-state index in [0.29, 0.717) is 0 Å². The summed E-state index contributed by atoms with van der Waals surface area (Å²) >= 11 is 0. The molecule has 0 aromatic heterocycles. The van der Waals surface area contributed by atoms with Gasteiger partial charge in [0, 0.05) is 13.3 Å². The van der Waals surface area contributed by atoms with Crippen LogP contribution in [0.4, 0.5) is 0 Å². The van der Waals surface area contributed by atoms with Gasteiger partial charge in [-0.25, -0.2) is 4.79 Å². The van der Waals surface area contributed by atoms with Gasteiger partial charge in [0.25, 0.3) is 5.79 Å². The first-order valence-corrected chi connectivity index (χ1v) is 16.6. The fraction of sp³-hybridized carbons (Fsp3) is 0.931. The Kier molecular flexibility index (Phi) is 14.9. The number of carbonyl (C=O) groups excluding carboxylic acids is 1. The molecule has 0 aromatic rings. The van der Waals surface area contributed by atoms with Crippen LogP contribution in [0.2, 0.25) is 0 Å². The molecule has 308 valence electrons. The molecule has 0 aromatic carbocycles. The molecule has 4 aliphatic rings. The predicted molar refractivity (Wildman–Crippen MR) is 161 cm³/mol. The Bertz CT molecular complexity index is 1220. The quantitative estimate of drug-likeness (QED) is 0.0825. The number of amides is 1. The molecule has 15 N–H and O–H groups in total. The molecular formula is C29H49NO23. The van der Waals surface area contributed by atoms with Gasteiger partial charge in [0.15, 0.2) is 18.9 Å². The van der Waals surface area contributed by atoms with Crippen LogP contribution in [0, 0.1) is 0 Å². The van der Waals surface area contributed by atoms with Crippen molar-refractivity contribution in [3.8, 4) is 0 Å². The molecule has 0 spiro atoms. The number of hydrogen-bond acceptors (Lipinski definition) is 22. The zero-order chi connectivity index (χ0) is 39.7. The van der Waals surface area contributed by atoms with Gasteiger partial charge in [-0.3, -0.25) is 4.79 Å². The van der Waals surface area contributed by atoms with Crippen LogP contribution in [0.15, 0.2) is 0 Å². The highest BCUT2D eigenvalue weighted by Crippen LogP contribution is 2.36. The largest absolute Gasteiger partial charge is 0.477 e. The molecule has 0 unspecified atom stereocenters. The molecule has 0 saturated carbocycles. The smallest absolute Gasteiger partial charge is 0.364 e. The molecule has 4 rings (SSSR count). The van der Waals surface area contributed by atoms with Gasteiger partial charge in [0.05, 0.1) is 32.0 Å². The Morgan fingerprint density at radius 1 is 0.792 bits per heavy atom. The van der Waals surface area contributed by atoms with Gasteiger partial charge >= 0.3 is 5.97 Å². The van der Waals surface area contributed by atoms with E-state index < -0.39 is 166 Å². The van der Waals surface area contributed by atoms with Crippen molar-refractivity contribution in [2.24, 2.45) is 0 Å². The Morgan fingerprint density at radius 2 is 1.43 bits per heavy atom. The maximum absolute atomic E-state index is 12.4. The average Bonchev–Trinajstić information content (AvgIpc) is 3.11. The van der Waals surface area contributed by atoms with Crippen LogP contribution in [0.3, 0.4) is 0 Å². The van der Waals surface area contributed by atoms with E-state index in [2.05, 4.69) is 5.32 Å². The molecule has 0 aliphatic carbocycles. The van der Waals surface area contributed by atoms with Gasteiger partial charge in [-0.15, -0.1) is 0 Å². The third kappa shape index (κ3) is 9.24. The second-order valence-corrected chi connectivity index (χ2v) is 13.3. The summed E-state index contributed by atoms with van der Waals surface area (Å²) in [6, 6.07) is -1.68. The first-order valence-electron chi connectivity index (χ1n) is 16.6. The molecular weight excluding hydrogens is 730 g/mol. The minimum absolute atomic E-state index is 0.794. The lowest BCUT2D eigenvalue weighted by Crippen LogP contribution is -2.69. The standard InChI is InChI=1S/C29H49NO23/c1-7-14(36)19(41)21(43)26(48-7)52-24-20(42)17(39)11(5-32)50-27(24)51-22-13(30-8(2)33)25(44)49-12(18(22)40)6-47-29(28(45)46)3-9(34)15(37)23(53-29)16(38)10(35)4-31/h7,9-27,31-32,34-44H,3-6H2,1-2H3,(H,30,33)(H,45,46)/t7-,9-,10+,11+,12+,13+,14+,15+,16+,17-,18-,19+,20-,21-,22+,23+,24+,25-,26-,27+,29+/m0/s1. The number of nitrogens with one attached hydrogen (secondary N) is 1. The Labute approximate surface area is 300 Å². The summed E-state index contributed by atoms with van der Waals surface area (Å²) < 4.78 is 38.7. The van der Waals surface area contributed by atoms with Gasteiger partial charge in [0.2, 0.25) is 5.91 Å². The Balaban J connectivity index is 1.61. The molecule has 21 atom stereocenters. The molecule has 0 radical (unpaired) electrons. The molecule has 4 heterocycles. The maximum atomic E-state index is 12.4. The lowest BCUT2D eigenvalue weighted by atomic mass is 9.90. The molecule has 4 fully saturated rings. The zero-order valence-corrected chi connectivity index (χ0v) is 28.3. The Hall–Kier alpha value is -1.86. The highest BCUT2D eigenvalue weighted by atomic mass is 16.8. The van der Waals surface area contributed by atoms with Crippen molar-refractivity contribution in [2.75, 3.05) is 19.8 Å². The lowest BCUT2D eigenvalue weighted by molar-refractivity contribution is -0.382. The van der Waals surface area contributed by atoms with E-state index in [0.717, 1.165) is 6.92 Å².